The van der Waals surface area contributed by atoms with Crippen molar-refractivity contribution in [3.63, 3.8) is 0 Å². The Balaban J connectivity index is 2.07. The average Bonchev–Trinajstić information content (AvgIpc) is 2.78. The molecule has 1 fully saturated rings. The van der Waals surface area contributed by atoms with E-state index in [1.54, 1.807) is 11.8 Å². The molecule has 1 aliphatic carbocycles. The molecule has 88 valence electrons. The van der Waals surface area contributed by atoms with Crippen LogP contribution in [-0.2, 0) is 0 Å². The zero-order valence-electron chi connectivity index (χ0n) is 9.55. The molecular weight excluding hydrogens is 220 g/mol. The SMILES string of the molecule is CCC1CCC(=N)C(=N)C1NC1=NCCS1. The molecule has 0 aromatic heterocycles. The number of amidine groups is 1. The van der Waals surface area contributed by atoms with Gasteiger partial charge in [-0.25, -0.2) is 0 Å². The van der Waals surface area contributed by atoms with Crippen molar-refractivity contribution in [2.45, 2.75) is 32.2 Å². The van der Waals surface area contributed by atoms with Gasteiger partial charge < -0.3 is 16.1 Å². The summed E-state index contributed by atoms with van der Waals surface area (Å²) in [7, 11) is 0. The van der Waals surface area contributed by atoms with Crippen LogP contribution in [0.2, 0.25) is 0 Å². The maximum atomic E-state index is 8.00. The van der Waals surface area contributed by atoms with Crippen LogP contribution in [0.15, 0.2) is 4.99 Å². The fraction of sp³-hybridized carbons (Fsp3) is 0.727. The highest BCUT2D eigenvalue weighted by Gasteiger charge is 2.32. The second kappa shape index (κ2) is 4.99. The second-order valence-electron chi connectivity index (χ2n) is 4.26. The van der Waals surface area contributed by atoms with Gasteiger partial charge in [-0.3, -0.25) is 4.99 Å². The lowest BCUT2D eigenvalue weighted by Gasteiger charge is -2.32. The minimum Gasteiger partial charge on any atom is -0.356 e. The van der Waals surface area contributed by atoms with Crippen LogP contribution in [0.25, 0.3) is 0 Å². The largest absolute Gasteiger partial charge is 0.356 e. The molecule has 1 heterocycles. The Morgan fingerprint density at radius 3 is 2.94 bits per heavy atom. The van der Waals surface area contributed by atoms with E-state index in [-0.39, 0.29) is 6.04 Å². The monoisotopic (exact) mass is 238 g/mol. The van der Waals surface area contributed by atoms with Gasteiger partial charge in [0.2, 0.25) is 0 Å². The summed E-state index contributed by atoms with van der Waals surface area (Å²) >= 11 is 1.72. The normalized spacial score (nSPS) is 30.4. The Hall–Kier alpha value is -0.840. The third-order valence-electron chi connectivity index (χ3n) is 3.26. The molecule has 2 rings (SSSR count). The van der Waals surface area contributed by atoms with Crippen molar-refractivity contribution >= 4 is 28.4 Å². The summed E-state index contributed by atoms with van der Waals surface area (Å²) in [4.78, 5) is 4.36. The van der Waals surface area contributed by atoms with E-state index < -0.39 is 0 Å². The van der Waals surface area contributed by atoms with Crippen LogP contribution < -0.4 is 5.32 Å². The highest BCUT2D eigenvalue weighted by molar-refractivity contribution is 8.14. The van der Waals surface area contributed by atoms with Gasteiger partial charge in [0, 0.05) is 5.75 Å². The maximum Gasteiger partial charge on any atom is 0.157 e. The van der Waals surface area contributed by atoms with Crippen molar-refractivity contribution < 1.29 is 0 Å². The third kappa shape index (κ3) is 2.29. The average molecular weight is 238 g/mol. The number of hydrogen-bond donors (Lipinski definition) is 3. The summed E-state index contributed by atoms with van der Waals surface area (Å²) in [6, 6.07) is 0.00981. The number of thioether (sulfide) groups is 1. The van der Waals surface area contributed by atoms with Crippen molar-refractivity contribution in [1.82, 2.24) is 5.32 Å². The summed E-state index contributed by atoms with van der Waals surface area (Å²) in [5.41, 5.74) is 0.957. The third-order valence-corrected chi connectivity index (χ3v) is 4.17. The van der Waals surface area contributed by atoms with E-state index in [1.165, 1.54) is 0 Å². The first-order chi connectivity index (χ1) is 7.72. The molecule has 1 aliphatic heterocycles. The molecule has 16 heavy (non-hydrogen) atoms. The number of aliphatic imine (C=N–C) groups is 1. The van der Waals surface area contributed by atoms with Crippen LogP contribution in [0.3, 0.4) is 0 Å². The minimum absolute atomic E-state index is 0.00981. The van der Waals surface area contributed by atoms with E-state index in [0.29, 0.717) is 17.3 Å². The van der Waals surface area contributed by atoms with Crippen LogP contribution in [-0.4, -0.2) is 34.9 Å². The lowest BCUT2D eigenvalue weighted by molar-refractivity contribution is 0.418. The fourth-order valence-corrected chi connectivity index (χ4v) is 3.01. The number of nitrogens with one attached hydrogen (secondary N) is 3. The molecule has 2 unspecified atom stereocenters. The molecule has 0 bridgehead atoms. The molecule has 0 aromatic rings. The summed E-state index contributed by atoms with van der Waals surface area (Å²) < 4.78 is 0. The van der Waals surface area contributed by atoms with Crippen molar-refractivity contribution in [3.05, 3.63) is 0 Å². The zero-order valence-corrected chi connectivity index (χ0v) is 10.4. The van der Waals surface area contributed by atoms with Gasteiger partial charge in [-0.15, -0.1) is 0 Å². The van der Waals surface area contributed by atoms with Gasteiger partial charge in [-0.1, -0.05) is 25.1 Å². The Morgan fingerprint density at radius 1 is 1.50 bits per heavy atom. The molecule has 0 amide bonds. The summed E-state index contributed by atoms with van der Waals surface area (Å²) in [5.74, 6) is 1.52. The number of nitrogens with zero attached hydrogens (tertiary/aromatic N) is 1. The molecule has 0 aromatic carbocycles. The van der Waals surface area contributed by atoms with E-state index in [0.717, 1.165) is 36.7 Å². The van der Waals surface area contributed by atoms with E-state index in [4.69, 9.17) is 10.8 Å². The summed E-state index contributed by atoms with van der Waals surface area (Å²) in [5, 5.41) is 20.1. The first kappa shape index (κ1) is 11.6. The van der Waals surface area contributed by atoms with Gasteiger partial charge in [0.1, 0.15) is 0 Å². The van der Waals surface area contributed by atoms with Gasteiger partial charge in [-0.05, 0) is 18.8 Å². The number of rotatable bonds is 2. The molecule has 1 saturated carbocycles. The van der Waals surface area contributed by atoms with Crippen molar-refractivity contribution in [2.24, 2.45) is 10.9 Å². The lowest BCUT2D eigenvalue weighted by Crippen LogP contribution is -2.50. The summed E-state index contributed by atoms with van der Waals surface area (Å²) in [6.45, 7) is 3.03. The smallest absolute Gasteiger partial charge is 0.157 e. The molecular formula is C11H18N4S. The molecule has 0 saturated heterocycles. The van der Waals surface area contributed by atoms with E-state index in [2.05, 4.69) is 17.2 Å². The molecule has 2 aliphatic rings. The van der Waals surface area contributed by atoms with Gasteiger partial charge >= 0.3 is 0 Å². The highest BCUT2D eigenvalue weighted by atomic mass is 32.2. The fourth-order valence-electron chi connectivity index (χ4n) is 2.24. The van der Waals surface area contributed by atoms with Crippen LogP contribution in [0, 0.1) is 16.7 Å². The predicted molar refractivity (Wildman–Crippen MR) is 70.2 cm³/mol. The molecule has 0 spiro atoms. The Morgan fingerprint density at radius 2 is 2.31 bits per heavy atom. The quantitative estimate of drug-likeness (QED) is 0.687. The first-order valence-corrected chi connectivity index (χ1v) is 6.81. The molecule has 4 nitrogen and oxygen atoms in total. The number of hydrogen-bond acceptors (Lipinski definition) is 5. The molecule has 5 heteroatoms. The Bertz CT molecular complexity index is 337. The zero-order chi connectivity index (χ0) is 11.5. The molecule has 2 atom stereocenters. The first-order valence-electron chi connectivity index (χ1n) is 5.82. The Kier molecular flexibility index (Phi) is 3.63. The topological polar surface area (TPSA) is 72.1 Å². The molecule has 3 N–H and O–H groups in total. The van der Waals surface area contributed by atoms with Gasteiger partial charge in [0.05, 0.1) is 24.0 Å². The standard InChI is InChI=1S/C11H18N4S/c1-2-7-3-4-8(12)9(13)10(7)15-11-14-5-6-16-11/h7,10,12-13H,2-6H2,1H3,(H,14,15). The predicted octanol–water partition coefficient (Wildman–Crippen LogP) is 1.91. The Labute approximate surface area is 100 Å². The van der Waals surface area contributed by atoms with Gasteiger partial charge in [0.25, 0.3) is 0 Å². The van der Waals surface area contributed by atoms with Crippen molar-refractivity contribution in [2.75, 3.05) is 12.3 Å². The highest BCUT2D eigenvalue weighted by Crippen LogP contribution is 2.24. The van der Waals surface area contributed by atoms with E-state index in [1.807, 2.05) is 0 Å². The van der Waals surface area contributed by atoms with Crippen LogP contribution in [0.4, 0.5) is 0 Å². The summed E-state index contributed by atoms with van der Waals surface area (Å²) in [6.07, 6.45) is 2.84. The van der Waals surface area contributed by atoms with Gasteiger partial charge in [-0.2, -0.15) is 0 Å². The van der Waals surface area contributed by atoms with E-state index >= 15 is 0 Å². The lowest BCUT2D eigenvalue weighted by atomic mass is 9.80. The molecule has 0 radical (unpaired) electrons. The van der Waals surface area contributed by atoms with Crippen molar-refractivity contribution in [3.8, 4) is 0 Å². The maximum absolute atomic E-state index is 8.00. The van der Waals surface area contributed by atoms with Gasteiger partial charge in [0.15, 0.2) is 5.17 Å². The van der Waals surface area contributed by atoms with E-state index in [9.17, 15) is 0 Å². The van der Waals surface area contributed by atoms with Crippen LogP contribution in [0.1, 0.15) is 26.2 Å². The van der Waals surface area contributed by atoms with Crippen molar-refractivity contribution in [1.29, 1.82) is 10.8 Å². The second-order valence-corrected chi connectivity index (χ2v) is 5.34. The van der Waals surface area contributed by atoms with Crippen LogP contribution in [0.5, 0.6) is 0 Å². The van der Waals surface area contributed by atoms with Crippen LogP contribution >= 0.6 is 11.8 Å². The minimum atomic E-state index is 0.00981.